The van der Waals surface area contributed by atoms with Crippen LogP contribution in [0.25, 0.3) is 54.7 Å². The predicted molar refractivity (Wildman–Crippen MR) is 167 cm³/mol. The van der Waals surface area contributed by atoms with Crippen LogP contribution in [0.1, 0.15) is 0 Å². The second kappa shape index (κ2) is 9.11. The van der Waals surface area contributed by atoms with Gasteiger partial charge in [0.2, 0.25) is 0 Å². The van der Waals surface area contributed by atoms with Crippen molar-refractivity contribution < 1.29 is 4.42 Å². The van der Waals surface area contributed by atoms with Crippen molar-refractivity contribution in [3.63, 3.8) is 0 Å². The van der Waals surface area contributed by atoms with Crippen molar-refractivity contribution >= 4 is 60.7 Å². The minimum atomic E-state index is 0.773. The summed E-state index contributed by atoms with van der Waals surface area (Å²) in [5.74, 6) is 0. The molecule has 0 aliphatic heterocycles. The number of hydrogen-bond acceptors (Lipinski definition) is 3. The quantitative estimate of drug-likeness (QED) is 0.235. The fourth-order valence-electron chi connectivity index (χ4n) is 5.68. The molecule has 0 saturated heterocycles. The Kier molecular flexibility index (Phi) is 5.14. The van der Waals surface area contributed by atoms with E-state index in [-0.39, 0.29) is 0 Å². The Hall–Kier alpha value is -5.41. The standard InChI is InChI=1S/C37H24N2O/c1-2-12-31(13-3-1)39(32-18-16-26(17-19-32)30-15-14-25-8-4-5-9-27(25)22-30)34-20-21-38-36-33-23-28-10-6-7-11-29(28)24-35(33)40-37(34)36/h1-24H. The second-order valence-corrected chi connectivity index (χ2v) is 10.1. The molecule has 6 aromatic carbocycles. The molecule has 3 heteroatoms. The van der Waals surface area contributed by atoms with Gasteiger partial charge in [-0.1, -0.05) is 91.0 Å². The van der Waals surface area contributed by atoms with Crippen LogP contribution in [0, 0.1) is 0 Å². The summed E-state index contributed by atoms with van der Waals surface area (Å²) in [6.07, 6.45) is 1.88. The van der Waals surface area contributed by atoms with Crippen molar-refractivity contribution in [2.45, 2.75) is 0 Å². The van der Waals surface area contributed by atoms with Gasteiger partial charge in [0, 0.05) is 23.0 Å². The van der Waals surface area contributed by atoms with Gasteiger partial charge in [-0.3, -0.25) is 4.98 Å². The molecule has 8 rings (SSSR count). The van der Waals surface area contributed by atoms with Crippen molar-refractivity contribution in [3.8, 4) is 11.1 Å². The van der Waals surface area contributed by atoms with Crippen molar-refractivity contribution in [1.82, 2.24) is 4.98 Å². The molecule has 0 spiro atoms. The van der Waals surface area contributed by atoms with E-state index in [1.54, 1.807) is 0 Å². The molecule has 3 nitrogen and oxygen atoms in total. The molecule has 0 aliphatic carbocycles. The fourth-order valence-corrected chi connectivity index (χ4v) is 5.68. The number of nitrogens with zero attached hydrogens (tertiary/aromatic N) is 2. The maximum Gasteiger partial charge on any atom is 0.177 e. The highest BCUT2D eigenvalue weighted by Gasteiger charge is 2.20. The third kappa shape index (κ3) is 3.71. The molecule has 2 heterocycles. The van der Waals surface area contributed by atoms with Gasteiger partial charge < -0.3 is 9.32 Å². The molecule has 0 fully saturated rings. The summed E-state index contributed by atoms with van der Waals surface area (Å²) in [6, 6.07) is 49.0. The SMILES string of the molecule is c1ccc(N(c2ccc(-c3ccc4ccccc4c3)cc2)c2ccnc3c2oc2cc4ccccc4cc23)cc1. The fraction of sp³-hybridized carbons (Fsp3) is 0. The molecule has 0 atom stereocenters. The van der Waals surface area contributed by atoms with E-state index in [1.807, 2.05) is 18.3 Å². The first-order valence-electron chi connectivity index (χ1n) is 13.5. The molecule has 2 aromatic heterocycles. The van der Waals surface area contributed by atoms with E-state index >= 15 is 0 Å². The minimum Gasteiger partial charge on any atom is -0.452 e. The highest BCUT2D eigenvalue weighted by Crippen LogP contribution is 2.42. The number of fused-ring (bicyclic) bond motifs is 5. The van der Waals surface area contributed by atoms with Crippen molar-refractivity contribution in [3.05, 3.63) is 146 Å². The van der Waals surface area contributed by atoms with Crippen molar-refractivity contribution in [1.29, 1.82) is 0 Å². The molecule has 0 amide bonds. The van der Waals surface area contributed by atoms with Crippen LogP contribution in [0.2, 0.25) is 0 Å². The lowest BCUT2D eigenvalue weighted by atomic mass is 10.0. The first kappa shape index (κ1) is 22.6. The normalized spacial score (nSPS) is 11.5. The number of anilines is 3. The van der Waals surface area contributed by atoms with Crippen molar-refractivity contribution in [2.24, 2.45) is 0 Å². The van der Waals surface area contributed by atoms with E-state index in [0.717, 1.165) is 44.5 Å². The number of benzene rings is 6. The Morgan fingerprint density at radius 3 is 1.90 bits per heavy atom. The van der Waals surface area contributed by atoms with E-state index in [1.165, 1.54) is 27.3 Å². The summed E-state index contributed by atoms with van der Waals surface area (Å²) in [7, 11) is 0. The zero-order chi connectivity index (χ0) is 26.5. The van der Waals surface area contributed by atoms with Crippen LogP contribution in [0.5, 0.6) is 0 Å². The molecule has 0 aliphatic rings. The Bertz CT molecular complexity index is 2160. The highest BCUT2D eigenvalue weighted by atomic mass is 16.3. The number of hydrogen-bond donors (Lipinski definition) is 0. The first-order chi connectivity index (χ1) is 19.8. The number of rotatable bonds is 4. The van der Waals surface area contributed by atoms with Crippen LogP contribution < -0.4 is 4.90 Å². The van der Waals surface area contributed by atoms with E-state index in [9.17, 15) is 0 Å². The number of para-hydroxylation sites is 1. The van der Waals surface area contributed by atoms with Gasteiger partial charge in [-0.15, -0.1) is 0 Å². The molecule has 188 valence electrons. The van der Waals surface area contributed by atoms with Gasteiger partial charge in [-0.05, 0) is 81.2 Å². The van der Waals surface area contributed by atoms with Crippen molar-refractivity contribution in [2.75, 3.05) is 4.90 Å². The third-order valence-electron chi connectivity index (χ3n) is 7.66. The Labute approximate surface area is 231 Å². The number of pyridine rings is 1. The predicted octanol–water partition coefficient (Wildman–Crippen LogP) is 10.4. The molecule has 40 heavy (non-hydrogen) atoms. The van der Waals surface area contributed by atoms with Crippen LogP contribution in [0.15, 0.2) is 150 Å². The first-order valence-corrected chi connectivity index (χ1v) is 13.5. The third-order valence-corrected chi connectivity index (χ3v) is 7.66. The van der Waals surface area contributed by atoms with Gasteiger partial charge in [-0.2, -0.15) is 0 Å². The molecule has 0 bridgehead atoms. The number of aromatic nitrogens is 1. The minimum absolute atomic E-state index is 0.773. The van der Waals surface area contributed by atoms with Gasteiger partial charge in [0.25, 0.3) is 0 Å². The number of furan rings is 1. The monoisotopic (exact) mass is 512 g/mol. The summed E-state index contributed by atoms with van der Waals surface area (Å²) in [4.78, 5) is 7.01. The molecule has 0 radical (unpaired) electrons. The van der Waals surface area contributed by atoms with E-state index in [0.29, 0.717) is 0 Å². The second-order valence-electron chi connectivity index (χ2n) is 10.1. The van der Waals surface area contributed by atoms with Gasteiger partial charge in [0.1, 0.15) is 11.1 Å². The van der Waals surface area contributed by atoms with E-state index in [4.69, 9.17) is 9.40 Å². The summed E-state index contributed by atoms with van der Waals surface area (Å²) >= 11 is 0. The average Bonchev–Trinajstić information content (AvgIpc) is 3.39. The lowest BCUT2D eigenvalue weighted by Gasteiger charge is -2.25. The van der Waals surface area contributed by atoms with Crippen LogP contribution in [0.3, 0.4) is 0 Å². The molecular weight excluding hydrogens is 488 g/mol. The lowest BCUT2D eigenvalue weighted by Crippen LogP contribution is -2.10. The summed E-state index contributed by atoms with van der Waals surface area (Å²) in [5.41, 5.74) is 7.92. The Morgan fingerprint density at radius 2 is 1.12 bits per heavy atom. The highest BCUT2D eigenvalue weighted by molar-refractivity contribution is 6.11. The molecule has 0 unspecified atom stereocenters. The average molecular weight is 513 g/mol. The largest absolute Gasteiger partial charge is 0.452 e. The smallest absolute Gasteiger partial charge is 0.177 e. The van der Waals surface area contributed by atoms with Gasteiger partial charge in [0.05, 0.1) is 5.69 Å². The van der Waals surface area contributed by atoms with Crippen LogP contribution in [-0.4, -0.2) is 4.98 Å². The van der Waals surface area contributed by atoms with Crippen LogP contribution in [-0.2, 0) is 0 Å². The maximum atomic E-state index is 6.55. The Morgan fingerprint density at radius 1 is 0.500 bits per heavy atom. The van der Waals surface area contributed by atoms with Gasteiger partial charge in [-0.25, -0.2) is 0 Å². The van der Waals surface area contributed by atoms with E-state index in [2.05, 4.69) is 132 Å². The summed E-state index contributed by atoms with van der Waals surface area (Å²) in [6.45, 7) is 0. The summed E-state index contributed by atoms with van der Waals surface area (Å²) in [5, 5.41) is 5.84. The van der Waals surface area contributed by atoms with Crippen LogP contribution in [0.4, 0.5) is 17.1 Å². The summed E-state index contributed by atoms with van der Waals surface area (Å²) < 4.78 is 6.55. The van der Waals surface area contributed by atoms with Crippen LogP contribution >= 0.6 is 0 Å². The molecule has 8 aromatic rings. The maximum absolute atomic E-state index is 6.55. The topological polar surface area (TPSA) is 29.3 Å². The van der Waals surface area contributed by atoms with E-state index < -0.39 is 0 Å². The zero-order valence-corrected chi connectivity index (χ0v) is 21.7. The zero-order valence-electron chi connectivity index (χ0n) is 21.7. The van der Waals surface area contributed by atoms with Gasteiger partial charge >= 0.3 is 0 Å². The molecule has 0 saturated carbocycles. The molecule has 0 N–H and O–H groups in total. The molecular formula is C37H24N2O. The lowest BCUT2D eigenvalue weighted by molar-refractivity contribution is 0.669. The Balaban J connectivity index is 1.28. The van der Waals surface area contributed by atoms with Gasteiger partial charge in [0.15, 0.2) is 5.58 Å².